The zero-order valence-electron chi connectivity index (χ0n) is 15.5. The Morgan fingerprint density at radius 3 is 1.64 bits per heavy atom. The normalized spacial score (nSPS) is 14.0. The molecule has 3 heteroatoms. The monoisotopic (exact) mass is 346 g/mol. The molecule has 0 fully saturated rings. The first-order chi connectivity index (χ1) is 12.2. The van der Waals surface area contributed by atoms with Crippen LogP contribution in [0, 0.1) is 0 Å². The number of aliphatic hydroxyl groups excluding tert-OH is 1. The first-order valence-electron chi connectivity index (χ1n) is 9.31. The predicted molar refractivity (Wildman–Crippen MR) is 107 cm³/mol. The second-order valence-electron chi connectivity index (χ2n) is 5.87. The number of carbonyl (C=O) groups is 1. The summed E-state index contributed by atoms with van der Waals surface area (Å²) in [6, 6.07) is 0. The molecule has 25 heavy (non-hydrogen) atoms. The lowest BCUT2D eigenvalue weighted by molar-refractivity contribution is -0.137. The highest BCUT2D eigenvalue weighted by Gasteiger charge is 2.05. The quantitative estimate of drug-likeness (QED) is 0.372. The van der Waals surface area contributed by atoms with Crippen LogP contribution in [-0.2, 0) is 4.79 Å². The third-order valence-electron chi connectivity index (χ3n) is 3.52. The Morgan fingerprint density at radius 1 is 0.760 bits per heavy atom. The number of aliphatic carboxylic acids is 1. The van der Waals surface area contributed by atoms with Gasteiger partial charge in [0.1, 0.15) is 0 Å². The molecular formula is C22H34O3. The highest BCUT2D eigenvalue weighted by atomic mass is 16.4. The summed E-state index contributed by atoms with van der Waals surface area (Å²) in [7, 11) is 0. The van der Waals surface area contributed by atoms with Gasteiger partial charge in [0.25, 0.3) is 0 Å². The predicted octanol–water partition coefficient (Wildman–Crippen LogP) is 5.74. The maximum atomic E-state index is 10.4. The van der Waals surface area contributed by atoms with Crippen LogP contribution in [0.1, 0.15) is 64.7 Å². The van der Waals surface area contributed by atoms with Gasteiger partial charge in [0.15, 0.2) is 0 Å². The summed E-state index contributed by atoms with van der Waals surface area (Å²) in [6.45, 7) is 2.14. The minimum Gasteiger partial charge on any atom is -0.481 e. The molecule has 3 nitrogen and oxygen atoms in total. The van der Waals surface area contributed by atoms with Gasteiger partial charge in [0.2, 0.25) is 0 Å². The fraction of sp³-hybridized carbons (Fsp3) is 0.500. The molecule has 0 rings (SSSR count). The van der Waals surface area contributed by atoms with E-state index in [9.17, 15) is 9.90 Å². The molecule has 0 saturated carbocycles. The van der Waals surface area contributed by atoms with E-state index in [4.69, 9.17) is 5.11 Å². The average molecular weight is 347 g/mol. The van der Waals surface area contributed by atoms with E-state index in [1.165, 1.54) is 0 Å². The van der Waals surface area contributed by atoms with Crippen LogP contribution in [0.15, 0.2) is 60.8 Å². The van der Waals surface area contributed by atoms with Gasteiger partial charge in [-0.05, 0) is 51.4 Å². The molecule has 0 aromatic carbocycles. The van der Waals surface area contributed by atoms with Gasteiger partial charge >= 0.3 is 5.97 Å². The van der Waals surface area contributed by atoms with Gasteiger partial charge in [0.05, 0.1) is 6.10 Å². The van der Waals surface area contributed by atoms with Gasteiger partial charge in [-0.25, -0.2) is 0 Å². The van der Waals surface area contributed by atoms with Gasteiger partial charge < -0.3 is 10.2 Å². The Kier molecular flexibility index (Phi) is 17.1. The summed E-state index contributed by atoms with van der Waals surface area (Å²) < 4.78 is 0. The maximum Gasteiger partial charge on any atom is 0.303 e. The van der Waals surface area contributed by atoms with E-state index in [0.717, 1.165) is 38.5 Å². The molecule has 1 atom stereocenters. The third kappa shape index (κ3) is 20.1. The molecule has 0 aliphatic rings. The number of carboxylic acid groups (broad SMARTS) is 1. The maximum absolute atomic E-state index is 10.4. The SMILES string of the molecule is CC/C=C\CC=CC/C=C\C/C=C\C/C=C\CCC(O)CCC(=O)O. The highest BCUT2D eigenvalue weighted by Crippen LogP contribution is 2.06. The smallest absolute Gasteiger partial charge is 0.303 e. The Morgan fingerprint density at radius 2 is 1.20 bits per heavy atom. The molecule has 0 aromatic heterocycles. The Hall–Kier alpha value is -1.87. The Labute approximate surface area is 153 Å². The van der Waals surface area contributed by atoms with E-state index in [0.29, 0.717) is 12.8 Å². The molecule has 2 N–H and O–H groups in total. The molecule has 0 heterocycles. The minimum absolute atomic E-state index is 0.0346. The topological polar surface area (TPSA) is 57.5 Å². The minimum atomic E-state index is -0.853. The number of carboxylic acids is 1. The summed E-state index contributed by atoms with van der Waals surface area (Å²) in [6.07, 6.45) is 27.7. The van der Waals surface area contributed by atoms with Crippen LogP contribution in [0.25, 0.3) is 0 Å². The van der Waals surface area contributed by atoms with Crippen molar-refractivity contribution < 1.29 is 15.0 Å². The van der Waals surface area contributed by atoms with Gasteiger partial charge in [-0.3, -0.25) is 4.79 Å². The fourth-order valence-electron chi connectivity index (χ4n) is 2.09. The van der Waals surface area contributed by atoms with Crippen LogP contribution in [0.3, 0.4) is 0 Å². The zero-order valence-corrected chi connectivity index (χ0v) is 15.5. The molecule has 0 aromatic rings. The van der Waals surface area contributed by atoms with E-state index in [1.54, 1.807) is 0 Å². The van der Waals surface area contributed by atoms with Crippen LogP contribution in [0.5, 0.6) is 0 Å². The lowest BCUT2D eigenvalue weighted by atomic mass is 10.1. The van der Waals surface area contributed by atoms with Gasteiger partial charge in [-0.15, -0.1) is 0 Å². The van der Waals surface area contributed by atoms with Crippen molar-refractivity contribution in [2.75, 3.05) is 0 Å². The van der Waals surface area contributed by atoms with Gasteiger partial charge in [-0.2, -0.15) is 0 Å². The first-order valence-corrected chi connectivity index (χ1v) is 9.31. The highest BCUT2D eigenvalue weighted by molar-refractivity contribution is 5.66. The fourth-order valence-corrected chi connectivity index (χ4v) is 2.09. The zero-order chi connectivity index (χ0) is 18.6. The second-order valence-corrected chi connectivity index (χ2v) is 5.87. The van der Waals surface area contributed by atoms with Crippen molar-refractivity contribution in [3.8, 4) is 0 Å². The molecule has 0 aliphatic heterocycles. The lowest BCUT2D eigenvalue weighted by Crippen LogP contribution is -2.08. The van der Waals surface area contributed by atoms with Crippen LogP contribution < -0.4 is 0 Å². The van der Waals surface area contributed by atoms with Gasteiger partial charge in [0, 0.05) is 6.42 Å². The van der Waals surface area contributed by atoms with Crippen molar-refractivity contribution in [1.29, 1.82) is 0 Å². The average Bonchev–Trinajstić information content (AvgIpc) is 2.59. The van der Waals surface area contributed by atoms with Crippen molar-refractivity contribution in [3.63, 3.8) is 0 Å². The first kappa shape index (κ1) is 23.1. The lowest BCUT2D eigenvalue weighted by Gasteiger charge is -2.06. The molecular weight excluding hydrogens is 312 g/mol. The molecule has 0 aliphatic carbocycles. The number of allylic oxidation sites excluding steroid dienone is 10. The molecule has 0 spiro atoms. The van der Waals surface area contributed by atoms with Crippen molar-refractivity contribution >= 4 is 5.97 Å². The van der Waals surface area contributed by atoms with Crippen LogP contribution in [-0.4, -0.2) is 22.3 Å². The van der Waals surface area contributed by atoms with E-state index in [-0.39, 0.29) is 6.42 Å². The molecule has 0 amide bonds. The largest absolute Gasteiger partial charge is 0.481 e. The molecule has 140 valence electrons. The number of hydrogen-bond donors (Lipinski definition) is 2. The van der Waals surface area contributed by atoms with E-state index < -0.39 is 12.1 Å². The van der Waals surface area contributed by atoms with E-state index >= 15 is 0 Å². The van der Waals surface area contributed by atoms with Crippen molar-refractivity contribution in [3.05, 3.63) is 60.8 Å². The Balaban J connectivity index is 3.54. The van der Waals surface area contributed by atoms with E-state index in [1.807, 2.05) is 6.08 Å². The molecule has 1 unspecified atom stereocenters. The van der Waals surface area contributed by atoms with Crippen molar-refractivity contribution in [2.24, 2.45) is 0 Å². The third-order valence-corrected chi connectivity index (χ3v) is 3.52. The van der Waals surface area contributed by atoms with Gasteiger partial charge in [-0.1, -0.05) is 67.7 Å². The molecule has 0 bridgehead atoms. The summed E-state index contributed by atoms with van der Waals surface area (Å²) in [5, 5.41) is 18.1. The van der Waals surface area contributed by atoms with E-state index in [2.05, 4.69) is 61.6 Å². The standard InChI is InChI=1S/C22H34O3/c1-2-3-4-5-6-7-8-9-10-11-12-13-14-15-16-17-18-21(23)19-20-22(24)25/h3-4,6-7,9-10,12-13,15-16,21,23H,2,5,8,11,14,17-20H2,1H3,(H,24,25)/b4-3-,7-6?,10-9-,13-12-,16-15-. The van der Waals surface area contributed by atoms with Crippen molar-refractivity contribution in [1.82, 2.24) is 0 Å². The molecule has 0 saturated heterocycles. The Bertz CT molecular complexity index is 456. The number of rotatable bonds is 15. The number of hydrogen-bond acceptors (Lipinski definition) is 2. The van der Waals surface area contributed by atoms with Crippen LogP contribution >= 0.6 is 0 Å². The summed E-state index contributed by atoms with van der Waals surface area (Å²) in [4.78, 5) is 10.4. The molecule has 0 radical (unpaired) electrons. The summed E-state index contributed by atoms with van der Waals surface area (Å²) in [5.74, 6) is -0.853. The summed E-state index contributed by atoms with van der Waals surface area (Å²) >= 11 is 0. The summed E-state index contributed by atoms with van der Waals surface area (Å²) in [5.41, 5.74) is 0. The van der Waals surface area contributed by atoms with Crippen LogP contribution in [0.2, 0.25) is 0 Å². The number of aliphatic hydroxyl groups is 1. The van der Waals surface area contributed by atoms with Crippen LogP contribution in [0.4, 0.5) is 0 Å². The second kappa shape index (κ2) is 18.5. The van der Waals surface area contributed by atoms with Crippen molar-refractivity contribution in [2.45, 2.75) is 70.8 Å².